The monoisotopic (exact) mass is 251 g/mol. The third-order valence-electron chi connectivity index (χ3n) is 3.37. The zero-order valence-corrected chi connectivity index (χ0v) is 11.0. The second-order valence-corrected chi connectivity index (χ2v) is 4.76. The third kappa shape index (κ3) is 2.67. The molecule has 1 saturated heterocycles. The fourth-order valence-corrected chi connectivity index (χ4v) is 2.36. The van der Waals surface area contributed by atoms with Crippen LogP contribution in [0.1, 0.15) is 37.2 Å². The van der Waals surface area contributed by atoms with Gasteiger partial charge in [0.15, 0.2) is 0 Å². The number of aryl methyl sites for hydroxylation is 1. The SMILES string of the molecule is CCn1cc(N)cc1C(=O)NC(C)C1CCCO1. The highest BCUT2D eigenvalue weighted by Crippen LogP contribution is 2.16. The predicted molar refractivity (Wildman–Crippen MR) is 70.4 cm³/mol. The molecule has 2 heterocycles. The van der Waals surface area contributed by atoms with Gasteiger partial charge in [-0.3, -0.25) is 4.79 Å². The molecule has 1 fully saturated rings. The maximum Gasteiger partial charge on any atom is 0.268 e. The number of hydrogen-bond donors (Lipinski definition) is 2. The van der Waals surface area contributed by atoms with Crippen molar-refractivity contribution in [2.75, 3.05) is 12.3 Å². The topological polar surface area (TPSA) is 69.3 Å². The van der Waals surface area contributed by atoms with Gasteiger partial charge >= 0.3 is 0 Å². The molecule has 0 aromatic carbocycles. The number of anilines is 1. The van der Waals surface area contributed by atoms with Crippen molar-refractivity contribution in [1.82, 2.24) is 9.88 Å². The van der Waals surface area contributed by atoms with Crippen LogP contribution in [0, 0.1) is 0 Å². The Balaban J connectivity index is 2.02. The average molecular weight is 251 g/mol. The summed E-state index contributed by atoms with van der Waals surface area (Å²) in [6.45, 7) is 5.49. The number of nitrogens with one attached hydrogen (secondary N) is 1. The number of ether oxygens (including phenoxy) is 1. The molecule has 0 bridgehead atoms. The van der Waals surface area contributed by atoms with Crippen molar-refractivity contribution in [3.8, 4) is 0 Å². The molecule has 1 aromatic heterocycles. The zero-order valence-electron chi connectivity index (χ0n) is 11.0. The van der Waals surface area contributed by atoms with Crippen LogP contribution >= 0.6 is 0 Å². The molecule has 1 aliphatic rings. The largest absolute Gasteiger partial charge is 0.397 e. The van der Waals surface area contributed by atoms with Gasteiger partial charge in [-0.15, -0.1) is 0 Å². The van der Waals surface area contributed by atoms with Gasteiger partial charge < -0.3 is 20.4 Å². The highest BCUT2D eigenvalue weighted by atomic mass is 16.5. The number of aromatic nitrogens is 1. The molecule has 1 aromatic rings. The van der Waals surface area contributed by atoms with Crippen molar-refractivity contribution < 1.29 is 9.53 Å². The summed E-state index contributed by atoms with van der Waals surface area (Å²) in [5.41, 5.74) is 6.95. The number of rotatable bonds is 4. The van der Waals surface area contributed by atoms with E-state index in [0.717, 1.165) is 26.0 Å². The first-order valence-electron chi connectivity index (χ1n) is 6.50. The van der Waals surface area contributed by atoms with E-state index in [2.05, 4.69) is 5.32 Å². The number of nitrogens with zero attached hydrogens (tertiary/aromatic N) is 1. The molecule has 18 heavy (non-hydrogen) atoms. The highest BCUT2D eigenvalue weighted by Gasteiger charge is 2.24. The Kier molecular flexibility index (Phi) is 3.91. The number of nitrogen functional groups attached to an aromatic ring is 1. The Labute approximate surface area is 107 Å². The Morgan fingerprint density at radius 1 is 1.72 bits per heavy atom. The van der Waals surface area contributed by atoms with Crippen molar-refractivity contribution in [2.45, 2.75) is 45.4 Å². The van der Waals surface area contributed by atoms with Gasteiger partial charge in [-0.25, -0.2) is 0 Å². The molecular formula is C13H21N3O2. The standard InChI is InChI=1S/C13H21N3O2/c1-3-16-8-10(14)7-11(16)13(17)15-9(2)12-5-4-6-18-12/h7-9,12H,3-6,14H2,1-2H3,(H,15,17). The summed E-state index contributed by atoms with van der Waals surface area (Å²) >= 11 is 0. The minimum atomic E-state index is -0.0865. The molecular weight excluding hydrogens is 230 g/mol. The van der Waals surface area contributed by atoms with Crippen molar-refractivity contribution in [3.63, 3.8) is 0 Å². The molecule has 2 atom stereocenters. The first-order valence-corrected chi connectivity index (χ1v) is 6.50. The highest BCUT2D eigenvalue weighted by molar-refractivity contribution is 5.94. The number of amides is 1. The second kappa shape index (κ2) is 5.44. The van der Waals surface area contributed by atoms with Gasteiger partial charge in [0.1, 0.15) is 5.69 Å². The first-order chi connectivity index (χ1) is 8.61. The van der Waals surface area contributed by atoms with Crippen LogP contribution in [0.3, 0.4) is 0 Å². The van der Waals surface area contributed by atoms with Gasteiger partial charge in [0, 0.05) is 19.3 Å². The average Bonchev–Trinajstić information content (AvgIpc) is 2.96. The summed E-state index contributed by atoms with van der Waals surface area (Å²) in [5.74, 6) is -0.0865. The molecule has 1 amide bonds. The summed E-state index contributed by atoms with van der Waals surface area (Å²) in [5, 5.41) is 2.99. The lowest BCUT2D eigenvalue weighted by atomic mass is 10.1. The van der Waals surface area contributed by atoms with E-state index in [4.69, 9.17) is 10.5 Å². The Hall–Kier alpha value is -1.49. The van der Waals surface area contributed by atoms with Crippen LogP contribution in [0.4, 0.5) is 5.69 Å². The summed E-state index contributed by atoms with van der Waals surface area (Å²) in [6.07, 6.45) is 4.00. The van der Waals surface area contributed by atoms with Gasteiger partial charge in [0.25, 0.3) is 5.91 Å². The molecule has 5 heteroatoms. The van der Waals surface area contributed by atoms with Crippen molar-refractivity contribution in [1.29, 1.82) is 0 Å². The predicted octanol–water partition coefficient (Wildman–Crippen LogP) is 1.39. The van der Waals surface area contributed by atoms with Gasteiger partial charge in [-0.2, -0.15) is 0 Å². The molecule has 2 rings (SSSR count). The summed E-state index contributed by atoms with van der Waals surface area (Å²) < 4.78 is 7.42. The van der Waals surface area contributed by atoms with E-state index in [-0.39, 0.29) is 18.1 Å². The molecule has 3 N–H and O–H groups in total. The van der Waals surface area contributed by atoms with E-state index in [1.807, 2.05) is 18.4 Å². The number of hydrogen-bond acceptors (Lipinski definition) is 3. The van der Waals surface area contributed by atoms with Crippen LogP contribution in [0.15, 0.2) is 12.3 Å². The number of carbonyl (C=O) groups is 1. The van der Waals surface area contributed by atoms with Gasteiger partial charge in [0.2, 0.25) is 0 Å². The molecule has 2 unspecified atom stereocenters. The van der Waals surface area contributed by atoms with Crippen molar-refractivity contribution in [3.05, 3.63) is 18.0 Å². The van der Waals surface area contributed by atoms with Crippen LogP contribution in [0.25, 0.3) is 0 Å². The lowest BCUT2D eigenvalue weighted by molar-refractivity contribution is 0.0707. The van der Waals surface area contributed by atoms with Crippen molar-refractivity contribution in [2.24, 2.45) is 0 Å². The minimum absolute atomic E-state index is 0.0291. The molecule has 0 saturated carbocycles. The van der Waals surface area contributed by atoms with Crippen molar-refractivity contribution >= 4 is 11.6 Å². The fraction of sp³-hybridized carbons (Fsp3) is 0.615. The Morgan fingerprint density at radius 2 is 2.50 bits per heavy atom. The van der Waals surface area contributed by atoms with Crippen LogP contribution in [-0.2, 0) is 11.3 Å². The maximum atomic E-state index is 12.2. The molecule has 5 nitrogen and oxygen atoms in total. The summed E-state index contributed by atoms with van der Waals surface area (Å²) in [4.78, 5) is 12.2. The Bertz CT molecular complexity index is 422. The number of carbonyl (C=O) groups excluding carboxylic acids is 1. The van der Waals surface area contributed by atoms with Gasteiger partial charge in [0.05, 0.1) is 17.8 Å². The smallest absolute Gasteiger partial charge is 0.268 e. The van der Waals surface area contributed by atoms with E-state index < -0.39 is 0 Å². The lowest BCUT2D eigenvalue weighted by Gasteiger charge is -2.20. The third-order valence-corrected chi connectivity index (χ3v) is 3.37. The quantitative estimate of drug-likeness (QED) is 0.849. The van der Waals surface area contributed by atoms with Gasteiger partial charge in [-0.1, -0.05) is 0 Å². The second-order valence-electron chi connectivity index (χ2n) is 4.76. The molecule has 0 aliphatic carbocycles. The number of nitrogens with two attached hydrogens (primary N) is 1. The molecule has 1 aliphatic heterocycles. The van der Waals surface area contributed by atoms with Crippen LogP contribution in [0.2, 0.25) is 0 Å². The van der Waals surface area contributed by atoms with E-state index >= 15 is 0 Å². The summed E-state index contributed by atoms with van der Waals surface area (Å²) in [7, 11) is 0. The molecule has 100 valence electrons. The first kappa shape index (κ1) is 13.0. The van der Waals surface area contributed by atoms with E-state index in [0.29, 0.717) is 11.4 Å². The fourth-order valence-electron chi connectivity index (χ4n) is 2.36. The molecule has 0 radical (unpaired) electrons. The van der Waals surface area contributed by atoms with Gasteiger partial charge in [-0.05, 0) is 32.8 Å². The molecule has 0 spiro atoms. The van der Waals surface area contributed by atoms with Crippen LogP contribution in [-0.4, -0.2) is 29.2 Å². The van der Waals surface area contributed by atoms with Crippen LogP contribution in [0.5, 0.6) is 0 Å². The minimum Gasteiger partial charge on any atom is -0.397 e. The van der Waals surface area contributed by atoms with E-state index in [1.54, 1.807) is 12.3 Å². The zero-order chi connectivity index (χ0) is 13.1. The van der Waals surface area contributed by atoms with E-state index in [1.165, 1.54) is 0 Å². The summed E-state index contributed by atoms with van der Waals surface area (Å²) in [6, 6.07) is 1.74. The van der Waals surface area contributed by atoms with Crippen LogP contribution < -0.4 is 11.1 Å². The van der Waals surface area contributed by atoms with E-state index in [9.17, 15) is 4.79 Å². The maximum absolute atomic E-state index is 12.2. The lowest BCUT2D eigenvalue weighted by Crippen LogP contribution is -2.41. The normalized spacial score (nSPS) is 20.9. The Morgan fingerprint density at radius 3 is 3.11 bits per heavy atom.